The average molecular weight is 285 g/mol. The Morgan fingerprint density at radius 1 is 1.10 bits per heavy atom. The fourth-order valence-electron chi connectivity index (χ4n) is 2.43. The van der Waals surface area contributed by atoms with Crippen LogP contribution in [-0.2, 0) is 6.61 Å². The molecule has 0 aliphatic carbocycles. The third-order valence-corrected chi connectivity index (χ3v) is 3.48. The first-order valence-corrected chi connectivity index (χ1v) is 6.98. The number of ether oxygens (including phenoxy) is 1. The van der Waals surface area contributed by atoms with Gasteiger partial charge in [0.15, 0.2) is 0 Å². The highest BCUT2D eigenvalue weighted by molar-refractivity contribution is 7.80. The van der Waals surface area contributed by atoms with Gasteiger partial charge in [-0.2, -0.15) is 0 Å². The topological polar surface area (TPSA) is 35.2 Å². The van der Waals surface area contributed by atoms with Crippen molar-refractivity contribution in [3.63, 3.8) is 0 Å². The average Bonchev–Trinajstić information content (AvgIpc) is 2.37. The molecule has 0 saturated heterocycles. The summed E-state index contributed by atoms with van der Waals surface area (Å²) in [5.74, 6) is 0.938. The molecule has 0 spiro atoms. The first kappa shape index (κ1) is 14.5. The second-order valence-corrected chi connectivity index (χ2v) is 5.48. The SMILES string of the molecule is Cc1cc(C)c(OCc2ccccc2C(N)=S)c(C)c1. The zero-order chi connectivity index (χ0) is 14.7. The van der Waals surface area contributed by atoms with Crippen molar-refractivity contribution in [3.8, 4) is 5.75 Å². The van der Waals surface area contributed by atoms with E-state index in [-0.39, 0.29) is 0 Å². The Kier molecular flexibility index (Phi) is 4.40. The molecule has 2 nitrogen and oxygen atoms in total. The zero-order valence-corrected chi connectivity index (χ0v) is 12.9. The first-order valence-electron chi connectivity index (χ1n) is 6.57. The second-order valence-electron chi connectivity index (χ2n) is 5.04. The molecule has 0 unspecified atom stereocenters. The van der Waals surface area contributed by atoms with Crippen molar-refractivity contribution in [2.45, 2.75) is 27.4 Å². The number of thiocarbonyl (C=S) groups is 1. The van der Waals surface area contributed by atoms with Crippen LogP contribution in [0.5, 0.6) is 5.75 Å². The van der Waals surface area contributed by atoms with Gasteiger partial charge in [-0.1, -0.05) is 54.2 Å². The molecule has 104 valence electrons. The Bertz CT molecular complexity index is 626. The summed E-state index contributed by atoms with van der Waals surface area (Å²) < 4.78 is 5.98. The van der Waals surface area contributed by atoms with Gasteiger partial charge in [-0.15, -0.1) is 0 Å². The highest BCUT2D eigenvalue weighted by Gasteiger charge is 2.08. The molecule has 0 atom stereocenters. The molecule has 0 fully saturated rings. The molecule has 2 aromatic carbocycles. The van der Waals surface area contributed by atoms with Gasteiger partial charge in [0.25, 0.3) is 0 Å². The van der Waals surface area contributed by atoms with Gasteiger partial charge in [-0.05, 0) is 37.5 Å². The van der Waals surface area contributed by atoms with Crippen LogP contribution in [0.2, 0.25) is 0 Å². The van der Waals surface area contributed by atoms with E-state index in [0.29, 0.717) is 11.6 Å². The second kappa shape index (κ2) is 6.06. The predicted octanol–water partition coefficient (Wildman–Crippen LogP) is 3.83. The lowest BCUT2D eigenvalue weighted by molar-refractivity contribution is 0.301. The predicted molar refractivity (Wildman–Crippen MR) is 87.3 cm³/mol. The van der Waals surface area contributed by atoms with Crippen LogP contribution in [0.15, 0.2) is 36.4 Å². The summed E-state index contributed by atoms with van der Waals surface area (Å²) in [7, 11) is 0. The van der Waals surface area contributed by atoms with Crippen molar-refractivity contribution in [1.82, 2.24) is 0 Å². The number of hydrogen-bond acceptors (Lipinski definition) is 2. The Morgan fingerprint density at radius 3 is 2.30 bits per heavy atom. The summed E-state index contributed by atoms with van der Waals surface area (Å²) >= 11 is 5.07. The summed E-state index contributed by atoms with van der Waals surface area (Å²) in [4.78, 5) is 0.404. The zero-order valence-electron chi connectivity index (χ0n) is 12.1. The molecule has 0 aliphatic heterocycles. The van der Waals surface area contributed by atoms with Crippen molar-refractivity contribution in [3.05, 3.63) is 64.2 Å². The van der Waals surface area contributed by atoms with Gasteiger partial charge >= 0.3 is 0 Å². The molecule has 0 radical (unpaired) electrons. The molecule has 0 bridgehead atoms. The lowest BCUT2D eigenvalue weighted by atomic mass is 10.1. The number of rotatable bonds is 4. The van der Waals surface area contributed by atoms with E-state index in [0.717, 1.165) is 28.0 Å². The molecule has 2 rings (SSSR count). The minimum absolute atomic E-state index is 0.404. The largest absolute Gasteiger partial charge is 0.488 e. The standard InChI is InChI=1S/C17H19NOS/c1-11-8-12(2)16(13(3)9-11)19-10-14-6-4-5-7-15(14)17(18)20/h4-9H,10H2,1-3H3,(H2,18,20). The van der Waals surface area contributed by atoms with Gasteiger partial charge in [-0.3, -0.25) is 0 Å². The Labute approximate surface area is 125 Å². The number of aryl methyl sites for hydroxylation is 3. The summed E-state index contributed by atoms with van der Waals surface area (Å²) in [5, 5.41) is 0. The molecule has 2 N–H and O–H groups in total. The van der Waals surface area contributed by atoms with Gasteiger partial charge in [0.1, 0.15) is 17.3 Å². The normalized spacial score (nSPS) is 10.3. The van der Waals surface area contributed by atoms with E-state index in [1.165, 1.54) is 5.56 Å². The molecular formula is C17H19NOS. The summed E-state index contributed by atoms with van der Waals surface area (Å²) in [5.41, 5.74) is 11.2. The number of benzene rings is 2. The van der Waals surface area contributed by atoms with Crippen LogP contribution in [0.25, 0.3) is 0 Å². The highest BCUT2D eigenvalue weighted by Crippen LogP contribution is 2.25. The van der Waals surface area contributed by atoms with E-state index >= 15 is 0 Å². The summed E-state index contributed by atoms with van der Waals surface area (Å²) in [6.07, 6.45) is 0. The third-order valence-electron chi connectivity index (χ3n) is 3.26. The van der Waals surface area contributed by atoms with Gasteiger partial charge in [0, 0.05) is 5.56 Å². The van der Waals surface area contributed by atoms with Crippen molar-refractivity contribution in [2.75, 3.05) is 0 Å². The van der Waals surface area contributed by atoms with Gasteiger partial charge in [0.05, 0.1) is 0 Å². The summed E-state index contributed by atoms with van der Waals surface area (Å²) in [6, 6.07) is 12.1. The van der Waals surface area contributed by atoms with Crippen LogP contribution in [0.1, 0.15) is 27.8 Å². The molecule has 0 heterocycles. The number of nitrogens with two attached hydrogens (primary N) is 1. The molecular weight excluding hydrogens is 266 g/mol. The van der Waals surface area contributed by atoms with E-state index in [1.54, 1.807) is 0 Å². The maximum absolute atomic E-state index is 5.98. The molecule has 0 aromatic heterocycles. The molecule has 0 aliphatic rings. The third kappa shape index (κ3) is 3.17. The lowest BCUT2D eigenvalue weighted by Gasteiger charge is -2.14. The summed E-state index contributed by atoms with van der Waals surface area (Å²) in [6.45, 7) is 6.69. The molecule has 3 heteroatoms. The van der Waals surface area contributed by atoms with Crippen LogP contribution in [-0.4, -0.2) is 4.99 Å². The van der Waals surface area contributed by atoms with Crippen molar-refractivity contribution >= 4 is 17.2 Å². The smallest absolute Gasteiger partial charge is 0.125 e. The van der Waals surface area contributed by atoms with Crippen LogP contribution in [0, 0.1) is 20.8 Å². The van der Waals surface area contributed by atoms with Crippen molar-refractivity contribution in [2.24, 2.45) is 5.73 Å². The van der Waals surface area contributed by atoms with Crippen molar-refractivity contribution in [1.29, 1.82) is 0 Å². The Morgan fingerprint density at radius 2 is 1.70 bits per heavy atom. The molecule has 2 aromatic rings. The maximum Gasteiger partial charge on any atom is 0.125 e. The minimum atomic E-state index is 0.404. The monoisotopic (exact) mass is 285 g/mol. The van der Waals surface area contributed by atoms with Gasteiger partial charge in [0.2, 0.25) is 0 Å². The van der Waals surface area contributed by atoms with Gasteiger partial charge < -0.3 is 10.5 Å². The highest BCUT2D eigenvalue weighted by atomic mass is 32.1. The number of hydrogen-bond donors (Lipinski definition) is 1. The fraction of sp³-hybridized carbons (Fsp3) is 0.235. The molecule has 20 heavy (non-hydrogen) atoms. The maximum atomic E-state index is 5.98. The first-order chi connectivity index (χ1) is 9.49. The minimum Gasteiger partial charge on any atom is -0.488 e. The van der Waals surface area contributed by atoms with Crippen LogP contribution < -0.4 is 10.5 Å². The molecule has 0 amide bonds. The van der Waals surface area contributed by atoms with Crippen LogP contribution >= 0.6 is 12.2 Å². The van der Waals surface area contributed by atoms with E-state index in [1.807, 2.05) is 24.3 Å². The van der Waals surface area contributed by atoms with Gasteiger partial charge in [-0.25, -0.2) is 0 Å². The van der Waals surface area contributed by atoms with Crippen LogP contribution in [0.4, 0.5) is 0 Å². The quantitative estimate of drug-likeness (QED) is 0.867. The van der Waals surface area contributed by atoms with E-state index in [9.17, 15) is 0 Å². The molecule has 0 saturated carbocycles. The van der Waals surface area contributed by atoms with E-state index in [4.69, 9.17) is 22.7 Å². The Balaban J connectivity index is 2.24. The lowest BCUT2D eigenvalue weighted by Crippen LogP contribution is -2.13. The van der Waals surface area contributed by atoms with Crippen LogP contribution in [0.3, 0.4) is 0 Å². The van der Waals surface area contributed by atoms with E-state index < -0.39 is 0 Å². The van der Waals surface area contributed by atoms with E-state index in [2.05, 4.69) is 32.9 Å². The Hall–Kier alpha value is -1.87. The fourth-order valence-corrected chi connectivity index (χ4v) is 2.63. The van der Waals surface area contributed by atoms with Crippen molar-refractivity contribution < 1.29 is 4.74 Å².